The van der Waals surface area contributed by atoms with Gasteiger partial charge in [-0.25, -0.2) is 14.1 Å². The first-order chi connectivity index (χ1) is 12.0. The van der Waals surface area contributed by atoms with Gasteiger partial charge in [0.2, 0.25) is 5.95 Å². The number of nitrogens with two attached hydrogens (primary N) is 2. The first-order valence-electron chi connectivity index (χ1n) is 7.48. The van der Waals surface area contributed by atoms with Crippen LogP contribution in [0, 0.1) is 12.7 Å². The maximum absolute atomic E-state index is 14.0. The lowest BCUT2D eigenvalue weighted by molar-refractivity contribution is 0.547. The number of anilines is 2. The second kappa shape index (κ2) is 6.60. The normalized spacial score (nSPS) is 10.8. The van der Waals surface area contributed by atoms with E-state index in [2.05, 4.69) is 20.3 Å². The van der Waals surface area contributed by atoms with Gasteiger partial charge in [0.25, 0.3) is 0 Å². The number of aromatic nitrogens is 5. The second-order valence-electron chi connectivity index (χ2n) is 5.61. The lowest BCUT2D eigenvalue weighted by Crippen LogP contribution is -2.07. The number of aryl methyl sites for hydroxylation is 1. The smallest absolute Gasteiger partial charge is 0.222 e. The van der Waals surface area contributed by atoms with Gasteiger partial charge in [-0.15, -0.1) is 17.5 Å². The zero-order valence-electron chi connectivity index (χ0n) is 13.7. The Bertz CT molecular complexity index is 1090. The van der Waals surface area contributed by atoms with Crippen molar-refractivity contribution in [1.29, 1.82) is 0 Å². The predicted molar refractivity (Wildman–Crippen MR) is 97.1 cm³/mol. The Kier molecular flexibility index (Phi) is 4.47. The van der Waals surface area contributed by atoms with Crippen molar-refractivity contribution in [2.45, 2.75) is 13.5 Å². The molecule has 134 valence electrons. The minimum Gasteiger partial charge on any atom is -0.460 e. The monoisotopic (exact) mass is 375 g/mol. The quantitative estimate of drug-likeness (QED) is 0.527. The lowest BCUT2D eigenvalue weighted by Gasteiger charge is -2.06. The van der Waals surface area contributed by atoms with E-state index >= 15 is 0 Å². The van der Waals surface area contributed by atoms with Crippen LogP contribution in [0.15, 0.2) is 34.7 Å². The summed E-state index contributed by atoms with van der Waals surface area (Å²) in [6.07, 6.45) is 0. The van der Waals surface area contributed by atoms with Gasteiger partial charge in [-0.3, -0.25) is 0 Å². The minimum absolute atomic E-state index is 0. The molecule has 10 heteroatoms. The van der Waals surface area contributed by atoms with Crippen molar-refractivity contribution in [3.63, 3.8) is 0 Å². The van der Waals surface area contributed by atoms with E-state index in [1.165, 1.54) is 16.8 Å². The van der Waals surface area contributed by atoms with Crippen LogP contribution < -0.4 is 11.5 Å². The molecule has 0 radical (unpaired) electrons. The van der Waals surface area contributed by atoms with Crippen LogP contribution in [0.25, 0.3) is 22.6 Å². The maximum atomic E-state index is 14.0. The van der Waals surface area contributed by atoms with E-state index in [1.54, 1.807) is 12.1 Å². The number of nitrogen functional groups attached to an aromatic ring is 2. The first kappa shape index (κ1) is 17.6. The fourth-order valence-corrected chi connectivity index (χ4v) is 2.59. The summed E-state index contributed by atoms with van der Waals surface area (Å²) >= 11 is 0. The third kappa shape index (κ3) is 3.04. The van der Waals surface area contributed by atoms with Gasteiger partial charge in [0, 0.05) is 11.3 Å². The topological polar surface area (TPSA) is 122 Å². The molecule has 4 rings (SSSR count). The zero-order chi connectivity index (χ0) is 17.6. The molecule has 0 saturated carbocycles. The highest BCUT2D eigenvalue weighted by molar-refractivity contribution is 5.86. The van der Waals surface area contributed by atoms with Crippen LogP contribution in [-0.2, 0) is 6.54 Å². The summed E-state index contributed by atoms with van der Waals surface area (Å²) in [7, 11) is 0. The number of hydrogen-bond acceptors (Lipinski definition) is 7. The molecule has 4 aromatic rings. The minimum atomic E-state index is -0.387. The molecule has 0 fully saturated rings. The number of furan rings is 1. The van der Waals surface area contributed by atoms with Gasteiger partial charge in [-0.05, 0) is 37.3 Å². The standard InChI is InChI=1S/C16H14FN7O.ClH/c1-8-2-5-12(25-8)13-14-15(21-16(19)20-13)24(23-22-14)7-9-6-10(18)3-4-11(9)17;/h2-6H,7,18H2,1H3,(H2,19,20,21);1H. The predicted octanol–water partition coefficient (Wildman–Crippen LogP) is 2.56. The summed E-state index contributed by atoms with van der Waals surface area (Å²) in [5.74, 6) is 0.906. The Morgan fingerprint density at radius 2 is 1.96 bits per heavy atom. The first-order valence-corrected chi connectivity index (χ1v) is 7.48. The summed E-state index contributed by atoms with van der Waals surface area (Å²) in [5.41, 5.74) is 13.6. The van der Waals surface area contributed by atoms with E-state index in [0.717, 1.165) is 5.76 Å². The molecule has 0 spiro atoms. The Hall–Kier alpha value is -3.20. The van der Waals surface area contributed by atoms with Crippen LogP contribution in [0.1, 0.15) is 11.3 Å². The van der Waals surface area contributed by atoms with Crippen molar-refractivity contribution in [2.24, 2.45) is 0 Å². The Morgan fingerprint density at radius 3 is 2.69 bits per heavy atom. The van der Waals surface area contributed by atoms with Crippen LogP contribution >= 0.6 is 12.4 Å². The summed E-state index contributed by atoms with van der Waals surface area (Å²) in [5, 5.41) is 8.17. The maximum Gasteiger partial charge on any atom is 0.222 e. The molecule has 8 nitrogen and oxygen atoms in total. The number of benzene rings is 1. The Morgan fingerprint density at radius 1 is 1.15 bits per heavy atom. The molecule has 0 aliphatic heterocycles. The Balaban J connectivity index is 0.00000196. The number of halogens is 2. The van der Waals surface area contributed by atoms with Crippen molar-refractivity contribution in [2.75, 3.05) is 11.5 Å². The van der Waals surface area contributed by atoms with Crippen LogP contribution in [-0.4, -0.2) is 25.0 Å². The largest absolute Gasteiger partial charge is 0.460 e. The average molecular weight is 376 g/mol. The molecule has 4 N–H and O–H groups in total. The van der Waals surface area contributed by atoms with Crippen molar-refractivity contribution < 1.29 is 8.81 Å². The Labute approximate surface area is 153 Å². The molecule has 0 aliphatic rings. The molecule has 26 heavy (non-hydrogen) atoms. The average Bonchev–Trinajstić information content (AvgIpc) is 3.17. The van der Waals surface area contributed by atoms with Crippen molar-refractivity contribution in [3.8, 4) is 11.5 Å². The molecule has 1 aromatic carbocycles. The molecule has 0 aliphatic carbocycles. The van der Waals surface area contributed by atoms with Crippen LogP contribution in [0.4, 0.5) is 16.0 Å². The molecule has 3 aromatic heterocycles. The van der Waals surface area contributed by atoms with E-state index in [1.807, 2.05) is 13.0 Å². The summed E-state index contributed by atoms with van der Waals surface area (Å²) < 4.78 is 21.0. The highest BCUT2D eigenvalue weighted by Crippen LogP contribution is 2.27. The van der Waals surface area contributed by atoms with Gasteiger partial charge in [0.15, 0.2) is 16.9 Å². The summed E-state index contributed by atoms with van der Waals surface area (Å²) in [4.78, 5) is 8.39. The third-order valence-corrected chi connectivity index (χ3v) is 3.74. The van der Waals surface area contributed by atoms with Crippen molar-refractivity contribution in [3.05, 3.63) is 47.5 Å². The third-order valence-electron chi connectivity index (χ3n) is 3.74. The van der Waals surface area contributed by atoms with E-state index < -0.39 is 0 Å². The van der Waals surface area contributed by atoms with Crippen molar-refractivity contribution in [1.82, 2.24) is 25.0 Å². The van der Waals surface area contributed by atoms with E-state index in [-0.39, 0.29) is 30.7 Å². The number of nitrogens with zero attached hydrogens (tertiary/aromatic N) is 5. The zero-order valence-corrected chi connectivity index (χ0v) is 14.5. The summed E-state index contributed by atoms with van der Waals surface area (Å²) in [6.45, 7) is 1.94. The molecular weight excluding hydrogens is 361 g/mol. The fourth-order valence-electron chi connectivity index (χ4n) is 2.59. The second-order valence-corrected chi connectivity index (χ2v) is 5.61. The van der Waals surface area contributed by atoms with Crippen LogP contribution in [0.5, 0.6) is 0 Å². The lowest BCUT2D eigenvalue weighted by atomic mass is 10.2. The van der Waals surface area contributed by atoms with Crippen LogP contribution in [0.3, 0.4) is 0 Å². The molecule has 0 atom stereocenters. The van der Waals surface area contributed by atoms with E-state index in [0.29, 0.717) is 33.9 Å². The highest BCUT2D eigenvalue weighted by Gasteiger charge is 2.18. The molecule has 0 bridgehead atoms. The molecular formula is C16H15ClFN7O. The SMILES string of the molecule is Cc1ccc(-c2nc(N)nc3c2nnn3Cc2cc(N)ccc2F)o1.Cl. The number of rotatable bonds is 3. The molecule has 0 saturated heterocycles. The van der Waals surface area contributed by atoms with Gasteiger partial charge < -0.3 is 15.9 Å². The van der Waals surface area contributed by atoms with Gasteiger partial charge in [0.05, 0.1) is 6.54 Å². The fraction of sp³-hybridized carbons (Fsp3) is 0.125. The van der Waals surface area contributed by atoms with Gasteiger partial charge >= 0.3 is 0 Å². The van der Waals surface area contributed by atoms with Crippen molar-refractivity contribution >= 4 is 35.2 Å². The van der Waals surface area contributed by atoms with E-state index in [9.17, 15) is 4.39 Å². The summed E-state index contributed by atoms with van der Waals surface area (Å²) in [6, 6.07) is 7.93. The van der Waals surface area contributed by atoms with E-state index in [4.69, 9.17) is 15.9 Å². The van der Waals surface area contributed by atoms with Gasteiger partial charge in [0.1, 0.15) is 17.3 Å². The van der Waals surface area contributed by atoms with Gasteiger partial charge in [-0.2, -0.15) is 4.98 Å². The number of hydrogen-bond donors (Lipinski definition) is 2. The van der Waals surface area contributed by atoms with Crippen LogP contribution in [0.2, 0.25) is 0 Å². The molecule has 3 heterocycles. The number of fused-ring (bicyclic) bond motifs is 1. The molecule has 0 amide bonds. The molecule has 0 unspecified atom stereocenters. The van der Waals surface area contributed by atoms with Gasteiger partial charge in [-0.1, -0.05) is 5.21 Å². The highest BCUT2D eigenvalue weighted by atomic mass is 35.5.